The number of aliphatic hydroxyl groups is 1. The number of ether oxygens (including phenoxy) is 4. The Hall–Kier alpha value is -3.32. The fourth-order valence-electron chi connectivity index (χ4n) is 5.20. The molecule has 2 unspecified atom stereocenters. The van der Waals surface area contributed by atoms with Gasteiger partial charge in [0.15, 0.2) is 0 Å². The summed E-state index contributed by atoms with van der Waals surface area (Å²) in [6.07, 6.45) is 1.57. The molecule has 1 aliphatic rings. The third-order valence-electron chi connectivity index (χ3n) is 7.46. The van der Waals surface area contributed by atoms with Gasteiger partial charge in [0.1, 0.15) is 0 Å². The number of hydrogen-bond donors (Lipinski definition) is 1. The highest BCUT2D eigenvalue weighted by atomic mass is 16.8. The molecule has 1 N–H and O–H groups in total. The van der Waals surface area contributed by atoms with E-state index in [2.05, 4.69) is 12.1 Å². The van der Waals surface area contributed by atoms with Crippen LogP contribution < -0.4 is 0 Å². The maximum atomic E-state index is 12.4. The molecule has 1 aliphatic carbocycles. The Balaban J connectivity index is 1.37. The molecule has 0 bridgehead atoms. The van der Waals surface area contributed by atoms with Crippen molar-refractivity contribution in [3.63, 3.8) is 0 Å². The second-order valence-corrected chi connectivity index (χ2v) is 10.5. The smallest absolute Gasteiger partial charge is 0.224 e. The van der Waals surface area contributed by atoms with E-state index in [1.165, 1.54) is 0 Å². The molecular weight excluding hydrogens is 500 g/mol. The Labute approximate surface area is 237 Å². The van der Waals surface area contributed by atoms with E-state index in [0.29, 0.717) is 39.3 Å². The zero-order chi connectivity index (χ0) is 27.5. The lowest BCUT2D eigenvalue weighted by Gasteiger charge is -2.50. The van der Waals surface area contributed by atoms with E-state index in [0.717, 1.165) is 28.7 Å². The maximum Gasteiger partial charge on any atom is 0.224 e. The molecule has 2 atom stereocenters. The van der Waals surface area contributed by atoms with Gasteiger partial charge in [-0.3, -0.25) is 0 Å². The molecule has 0 heterocycles. The molecule has 0 aliphatic heterocycles. The first-order valence-electron chi connectivity index (χ1n) is 14.0. The van der Waals surface area contributed by atoms with Crippen LogP contribution in [0.3, 0.4) is 0 Å². The summed E-state index contributed by atoms with van der Waals surface area (Å²) in [7, 11) is 0. The quantitative estimate of drug-likeness (QED) is 0.185. The van der Waals surface area contributed by atoms with Crippen molar-refractivity contribution in [1.29, 1.82) is 0 Å². The molecule has 4 aromatic rings. The van der Waals surface area contributed by atoms with Gasteiger partial charge in [-0.15, -0.1) is 0 Å². The van der Waals surface area contributed by atoms with E-state index < -0.39 is 11.6 Å². The van der Waals surface area contributed by atoms with Crippen LogP contribution >= 0.6 is 0 Å². The van der Waals surface area contributed by atoms with E-state index in [1.54, 1.807) is 0 Å². The Bertz CT molecular complexity index is 1220. The van der Waals surface area contributed by atoms with E-state index in [9.17, 15) is 5.11 Å². The second-order valence-electron chi connectivity index (χ2n) is 10.5. The first kappa shape index (κ1) is 28.2. The van der Waals surface area contributed by atoms with Gasteiger partial charge in [-0.05, 0) is 34.6 Å². The summed E-state index contributed by atoms with van der Waals surface area (Å²) >= 11 is 0. The Kier molecular flexibility index (Phi) is 9.76. The highest BCUT2D eigenvalue weighted by molar-refractivity contribution is 5.16. The van der Waals surface area contributed by atoms with Crippen molar-refractivity contribution in [2.75, 3.05) is 6.61 Å². The summed E-state index contributed by atoms with van der Waals surface area (Å²) in [6, 6.07) is 39.9. The fourth-order valence-corrected chi connectivity index (χ4v) is 5.20. The molecule has 40 heavy (non-hydrogen) atoms. The maximum absolute atomic E-state index is 12.4. The Morgan fingerprint density at radius 2 is 0.950 bits per heavy atom. The molecule has 1 saturated carbocycles. The molecule has 0 spiro atoms. The minimum Gasteiger partial charge on any atom is -0.376 e. The standard InChI is InChI=1S/C35H38O5/c36-34(38-26-30-15-7-2-8-16-30)23-33(25-37-24-29-13-5-1-6-14-29)21-22-35(34,39-27-31-17-9-3-10-18-31)40-28-32-19-11-4-12-20-32/h1-20,33,36H,21-28H2. The zero-order valence-corrected chi connectivity index (χ0v) is 22.9. The number of rotatable bonds is 13. The molecule has 5 heteroatoms. The van der Waals surface area contributed by atoms with Crippen molar-refractivity contribution in [3.05, 3.63) is 144 Å². The average molecular weight is 539 g/mol. The van der Waals surface area contributed by atoms with Gasteiger partial charge >= 0.3 is 0 Å². The van der Waals surface area contributed by atoms with E-state index in [4.69, 9.17) is 18.9 Å². The summed E-state index contributed by atoms with van der Waals surface area (Å²) in [4.78, 5) is 0. The molecule has 4 aromatic carbocycles. The molecule has 0 radical (unpaired) electrons. The van der Waals surface area contributed by atoms with Crippen molar-refractivity contribution in [3.8, 4) is 0 Å². The molecule has 0 amide bonds. The van der Waals surface area contributed by atoms with Crippen molar-refractivity contribution in [1.82, 2.24) is 0 Å². The van der Waals surface area contributed by atoms with Crippen LogP contribution in [0, 0.1) is 5.92 Å². The normalized spacial score (nSPS) is 20.3. The van der Waals surface area contributed by atoms with Gasteiger partial charge in [0, 0.05) is 12.8 Å². The minimum atomic E-state index is -1.69. The van der Waals surface area contributed by atoms with E-state index in [-0.39, 0.29) is 12.5 Å². The van der Waals surface area contributed by atoms with Crippen molar-refractivity contribution in [2.45, 2.75) is 57.3 Å². The highest BCUT2D eigenvalue weighted by Crippen LogP contribution is 2.46. The molecule has 5 nitrogen and oxygen atoms in total. The topological polar surface area (TPSA) is 57.2 Å². The van der Waals surface area contributed by atoms with Crippen LogP contribution in [-0.4, -0.2) is 23.3 Å². The van der Waals surface area contributed by atoms with Crippen molar-refractivity contribution in [2.24, 2.45) is 5.92 Å². The lowest BCUT2D eigenvalue weighted by atomic mass is 9.80. The largest absolute Gasteiger partial charge is 0.376 e. The van der Waals surface area contributed by atoms with Crippen LogP contribution in [-0.2, 0) is 45.4 Å². The Morgan fingerprint density at radius 1 is 0.550 bits per heavy atom. The summed E-state index contributed by atoms with van der Waals surface area (Å²) < 4.78 is 25.6. The lowest BCUT2D eigenvalue weighted by Crippen LogP contribution is -2.62. The highest BCUT2D eigenvalue weighted by Gasteiger charge is 2.58. The van der Waals surface area contributed by atoms with Gasteiger partial charge in [0.2, 0.25) is 11.6 Å². The van der Waals surface area contributed by atoms with Gasteiger partial charge in [-0.25, -0.2) is 0 Å². The average Bonchev–Trinajstić information content (AvgIpc) is 3.01. The van der Waals surface area contributed by atoms with Crippen LogP contribution in [0.1, 0.15) is 41.5 Å². The SMILES string of the molecule is OC1(OCc2ccccc2)CC(COCc2ccccc2)CCC1(OCc1ccccc1)OCc1ccccc1. The molecule has 208 valence electrons. The summed E-state index contributed by atoms with van der Waals surface area (Å²) in [5.74, 6) is -2.97. The summed E-state index contributed by atoms with van der Waals surface area (Å²) in [6.45, 7) is 1.86. The Morgan fingerprint density at radius 3 is 1.40 bits per heavy atom. The molecule has 5 rings (SSSR count). The van der Waals surface area contributed by atoms with Crippen molar-refractivity contribution >= 4 is 0 Å². The zero-order valence-electron chi connectivity index (χ0n) is 22.9. The first-order chi connectivity index (χ1) is 19.6. The van der Waals surface area contributed by atoms with Crippen LogP contribution in [0.15, 0.2) is 121 Å². The molecular formula is C35H38O5. The summed E-state index contributed by atoms with van der Waals surface area (Å²) in [5.41, 5.74) is 4.10. The molecule has 0 aromatic heterocycles. The van der Waals surface area contributed by atoms with Gasteiger partial charge in [-0.2, -0.15) is 0 Å². The lowest BCUT2D eigenvalue weighted by molar-refractivity contribution is -0.425. The van der Waals surface area contributed by atoms with E-state index >= 15 is 0 Å². The first-order valence-corrected chi connectivity index (χ1v) is 14.0. The predicted molar refractivity (Wildman–Crippen MR) is 155 cm³/mol. The van der Waals surface area contributed by atoms with Crippen LogP contribution in [0.25, 0.3) is 0 Å². The van der Waals surface area contributed by atoms with Gasteiger partial charge in [0.25, 0.3) is 0 Å². The van der Waals surface area contributed by atoms with Gasteiger partial charge in [0.05, 0.1) is 33.0 Å². The van der Waals surface area contributed by atoms with Gasteiger partial charge < -0.3 is 24.1 Å². The third kappa shape index (κ3) is 7.45. The summed E-state index contributed by atoms with van der Waals surface area (Å²) in [5, 5.41) is 12.4. The van der Waals surface area contributed by atoms with E-state index in [1.807, 2.05) is 109 Å². The third-order valence-corrected chi connectivity index (χ3v) is 7.46. The second kappa shape index (κ2) is 13.8. The monoisotopic (exact) mass is 538 g/mol. The van der Waals surface area contributed by atoms with Crippen LogP contribution in [0.2, 0.25) is 0 Å². The van der Waals surface area contributed by atoms with Gasteiger partial charge in [-0.1, -0.05) is 121 Å². The number of hydrogen-bond acceptors (Lipinski definition) is 5. The van der Waals surface area contributed by atoms with Crippen LogP contribution in [0.4, 0.5) is 0 Å². The molecule has 1 fully saturated rings. The number of benzene rings is 4. The fraction of sp³-hybridized carbons (Fsp3) is 0.314. The van der Waals surface area contributed by atoms with Crippen LogP contribution in [0.5, 0.6) is 0 Å². The van der Waals surface area contributed by atoms with Crippen molar-refractivity contribution < 1.29 is 24.1 Å². The predicted octanol–water partition coefficient (Wildman–Crippen LogP) is 7.04. The molecule has 0 saturated heterocycles. The minimum absolute atomic E-state index is 0.0817.